The molecule has 3 saturated heterocycles. The molecule has 3 aliphatic rings. The lowest BCUT2D eigenvalue weighted by atomic mass is 9.87. The molecule has 1 aromatic carbocycles. The maximum absolute atomic E-state index is 12.7. The molecule has 4 rings (SSSR count). The molecule has 1 spiro atoms. The SMILES string of the molecule is CC1OC2(CCN(CCc3ccccc3)CC2)CN(CC2CCOCC2)C1=O. The number of carbonyl (C=O) groups excluding carboxylic acids is 1. The second-order valence-corrected chi connectivity index (χ2v) is 8.79. The van der Waals surface area contributed by atoms with Crippen molar-refractivity contribution >= 4 is 5.91 Å². The third-order valence-corrected chi connectivity index (χ3v) is 6.71. The molecule has 0 N–H and O–H groups in total. The van der Waals surface area contributed by atoms with Crippen molar-refractivity contribution in [3.63, 3.8) is 0 Å². The molecule has 3 heterocycles. The van der Waals surface area contributed by atoms with Crippen LogP contribution in [0.4, 0.5) is 0 Å². The summed E-state index contributed by atoms with van der Waals surface area (Å²) in [6.45, 7) is 8.44. The summed E-state index contributed by atoms with van der Waals surface area (Å²) in [5, 5.41) is 0. The fraction of sp³-hybridized carbons (Fsp3) is 0.696. The molecule has 0 radical (unpaired) electrons. The zero-order valence-corrected chi connectivity index (χ0v) is 17.1. The van der Waals surface area contributed by atoms with E-state index in [0.29, 0.717) is 5.92 Å². The molecular weight excluding hydrogens is 352 g/mol. The van der Waals surface area contributed by atoms with E-state index in [0.717, 1.165) is 78.0 Å². The van der Waals surface area contributed by atoms with Crippen molar-refractivity contribution in [1.82, 2.24) is 9.80 Å². The lowest BCUT2D eigenvalue weighted by Crippen LogP contribution is -2.62. The average Bonchev–Trinajstić information content (AvgIpc) is 2.73. The molecule has 1 amide bonds. The van der Waals surface area contributed by atoms with Gasteiger partial charge in [0.1, 0.15) is 6.10 Å². The highest BCUT2D eigenvalue weighted by Gasteiger charge is 2.45. The standard InChI is InChI=1S/C23H34N2O3/c1-19-22(26)25(17-21-8-15-27-16-9-21)18-23(28-19)10-13-24(14-11-23)12-7-20-5-3-2-4-6-20/h2-6,19,21H,7-18H2,1H3. The van der Waals surface area contributed by atoms with Crippen molar-refractivity contribution in [3.05, 3.63) is 35.9 Å². The molecule has 0 bridgehead atoms. The van der Waals surface area contributed by atoms with Crippen LogP contribution in [0.2, 0.25) is 0 Å². The van der Waals surface area contributed by atoms with E-state index in [1.807, 2.05) is 6.92 Å². The van der Waals surface area contributed by atoms with Crippen molar-refractivity contribution in [1.29, 1.82) is 0 Å². The van der Waals surface area contributed by atoms with Gasteiger partial charge < -0.3 is 19.3 Å². The molecule has 28 heavy (non-hydrogen) atoms. The number of carbonyl (C=O) groups is 1. The molecule has 3 fully saturated rings. The Labute approximate surface area is 169 Å². The molecule has 0 aromatic heterocycles. The van der Waals surface area contributed by atoms with Gasteiger partial charge in [-0.05, 0) is 50.5 Å². The van der Waals surface area contributed by atoms with E-state index in [4.69, 9.17) is 9.47 Å². The Hall–Kier alpha value is -1.43. The molecule has 0 saturated carbocycles. The molecule has 3 aliphatic heterocycles. The summed E-state index contributed by atoms with van der Waals surface area (Å²) in [5.41, 5.74) is 1.25. The Balaban J connectivity index is 1.31. The minimum Gasteiger partial charge on any atom is -0.381 e. The molecule has 0 aliphatic carbocycles. The minimum atomic E-state index is -0.315. The fourth-order valence-corrected chi connectivity index (χ4v) is 4.93. The first-order valence-electron chi connectivity index (χ1n) is 10.9. The van der Waals surface area contributed by atoms with Crippen LogP contribution in [-0.2, 0) is 20.7 Å². The zero-order chi connectivity index (χ0) is 19.4. The second-order valence-electron chi connectivity index (χ2n) is 8.79. The summed E-state index contributed by atoms with van der Waals surface area (Å²) in [6, 6.07) is 10.7. The topological polar surface area (TPSA) is 42.0 Å². The number of amides is 1. The van der Waals surface area contributed by atoms with Crippen LogP contribution in [0.25, 0.3) is 0 Å². The van der Waals surface area contributed by atoms with E-state index in [2.05, 4.69) is 40.1 Å². The average molecular weight is 387 g/mol. The smallest absolute Gasteiger partial charge is 0.251 e. The van der Waals surface area contributed by atoms with Crippen LogP contribution in [0.15, 0.2) is 30.3 Å². The molecule has 5 nitrogen and oxygen atoms in total. The highest BCUT2D eigenvalue weighted by atomic mass is 16.5. The lowest BCUT2D eigenvalue weighted by Gasteiger charge is -2.49. The van der Waals surface area contributed by atoms with E-state index in [1.165, 1.54) is 5.56 Å². The van der Waals surface area contributed by atoms with Crippen LogP contribution in [-0.4, -0.2) is 73.3 Å². The van der Waals surface area contributed by atoms with Gasteiger partial charge in [0.2, 0.25) is 0 Å². The number of morpholine rings is 1. The Morgan fingerprint density at radius 2 is 1.82 bits per heavy atom. The van der Waals surface area contributed by atoms with Gasteiger partial charge in [0.05, 0.1) is 5.60 Å². The van der Waals surface area contributed by atoms with Crippen molar-refractivity contribution in [3.8, 4) is 0 Å². The third kappa shape index (κ3) is 4.76. The van der Waals surface area contributed by atoms with E-state index in [-0.39, 0.29) is 17.6 Å². The molecular formula is C23H34N2O3. The summed E-state index contributed by atoms with van der Waals surface area (Å²) in [6.07, 6.45) is 4.95. The predicted octanol–water partition coefficient (Wildman–Crippen LogP) is 2.74. The molecule has 1 unspecified atom stereocenters. The predicted molar refractivity (Wildman–Crippen MR) is 109 cm³/mol. The Morgan fingerprint density at radius 1 is 1.11 bits per heavy atom. The summed E-state index contributed by atoms with van der Waals surface area (Å²) in [4.78, 5) is 17.4. The number of rotatable bonds is 5. The number of benzene rings is 1. The van der Waals surface area contributed by atoms with Gasteiger partial charge in [0.25, 0.3) is 5.91 Å². The number of piperidine rings is 1. The number of hydrogen-bond donors (Lipinski definition) is 0. The molecule has 154 valence electrons. The second kappa shape index (κ2) is 8.93. The number of nitrogens with zero attached hydrogens (tertiary/aromatic N) is 2. The van der Waals surface area contributed by atoms with E-state index < -0.39 is 0 Å². The van der Waals surface area contributed by atoms with Crippen LogP contribution >= 0.6 is 0 Å². The Kier molecular flexibility index (Phi) is 6.34. The minimum absolute atomic E-state index is 0.151. The van der Waals surface area contributed by atoms with Crippen molar-refractivity contribution in [2.75, 3.05) is 45.9 Å². The van der Waals surface area contributed by atoms with Gasteiger partial charge in [-0.15, -0.1) is 0 Å². The molecule has 1 aromatic rings. The largest absolute Gasteiger partial charge is 0.381 e. The van der Waals surface area contributed by atoms with E-state index in [1.54, 1.807) is 0 Å². The van der Waals surface area contributed by atoms with Crippen LogP contribution in [0, 0.1) is 5.92 Å². The Bertz CT molecular complexity index is 637. The van der Waals surface area contributed by atoms with Crippen molar-refractivity contribution in [2.45, 2.75) is 50.7 Å². The molecule has 5 heteroatoms. The van der Waals surface area contributed by atoms with Gasteiger partial charge in [0, 0.05) is 45.9 Å². The zero-order valence-electron chi connectivity index (χ0n) is 17.1. The number of hydrogen-bond acceptors (Lipinski definition) is 4. The van der Waals surface area contributed by atoms with Crippen LogP contribution in [0.5, 0.6) is 0 Å². The summed E-state index contributed by atoms with van der Waals surface area (Å²) in [7, 11) is 0. The van der Waals surface area contributed by atoms with Gasteiger partial charge in [0.15, 0.2) is 0 Å². The van der Waals surface area contributed by atoms with Crippen molar-refractivity contribution in [2.24, 2.45) is 5.92 Å². The van der Waals surface area contributed by atoms with E-state index >= 15 is 0 Å². The maximum Gasteiger partial charge on any atom is 0.251 e. The first kappa shape index (κ1) is 19.9. The van der Waals surface area contributed by atoms with Gasteiger partial charge in [-0.1, -0.05) is 30.3 Å². The number of likely N-dealkylation sites (tertiary alicyclic amines) is 1. The summed E-state index contributed by atoms with van der Waals surface area (Å²) >= 11 is 0. The van der Waals surface area contributed by atoms with Crippen LogP contribution in [0.3, 0.4) is 0 Å². The van der Waals surface area contributed by atoms with Crippen LogP contribution in [0.1, 0.15) is 38.2 Å². The third-order valence-electron chi connectivity index (χ3n) is 6.71. The highest BCUT2D eigenvalue weighted by Crippen LogP contribution is 2.34. The quantitative estimate of drug-likeness (QED) is 0.780. The lowest BCUT2D eigenvalue weighted by molar-refractivity contribution is -0.191. The van der Waals surface area contributed by atoms with Gasteiger partial charge >= 0.3 is 0 Å². The summed E-state index contributed by atoms with van der Waals surface area (Å²) < 4.78 is 11.8. The monoisotopic (exact) mass is 386 g/mol. The molecule has 1 atom stereocenters. The van der Waals surface area contributed by atoms with Crippen LogP contribution < -0.4 is 0 Å². The van der Waals surface area contributed by atoms with E-state index in [9.17, 15) is 4.79 Å². The maximum atomic E-state index is 12.7. The number of ether oxygens (including phenoxy) is 2. The normalized spacial score (nSPS) is 26.7. The van der Waals surface area contributed by atoms with Crippen molar-refractivity contribution < 1.29 is 14.3 Å². The fourth-order valence-electron chi connectivity index (χ4n) is 4.93. The highest BCUT2D eigenvalue weighted by molar-refractivity contribution is 5.81. The Morgan fingerprint density at radius 3 is 2.54 bits per heavy atom. The first-order valence-corrected chi connectivity index (χ1v) is 10.9. The first-order chi connectivity index (χ1) is 13.6. The van der Waals surface area contributed by atoms with Gasteiger partial charge in [-0.2, -0.15) is 0 Å². The van der Waals surface area contributed by atoms with Gasteiger partial charge in [-0.3, -0.25) is 4.79 Å². The van der Waals surface area contributed by atoms with Gasteiger partial charge in [-0.25, -0.2) is 0 Å². The summed E-state index contributed by atoms with van der Waals surface area (Å²) in [5.74, 6) is 0.745.